The summed E-state index contributed by atoms with van der Waals surface area (Å²) in [7, 11) is 1.61. The van der Waals surface area contributed by atoms with E-state index in [0.717, 1.165) is 5.56 Å². The second-order valence-corrected chi connectivity index (χ2v) is 3.86. The highest BCUT2D eigenvalue weighted by molar-refractivity contribution is 5.94. The number of hydrogen-bond donors (Lipinski definition) is 2. The number of phenolic OH excluding ortho intramolecular Hbond substituents is 1. The maximum atomic E-state index is 11.7. The minimum absolute atomic E-state index is 0.124. The lowest BCUT2D eigenvalue weighted by molar-refractivity contribution is 0.0692. The lowest BCUT2D eigenvalue weighted by Crippen LogP contribution is -2.27. The molecule has 5 heteroatoms. The first-order valence-electron chi connectivity index (χ1n) is 5.79. The summed E-state index contributed by atoms with van der Waals surface area (Å²) in [5.41, 5.74) is 1.18. The monoisotopic (exact) mass is 253 g/mol. The first kappa shape index (κ1) is 14.5. The molecule has 2 N–H and O–H groups in total. The highest BCUT2D eigenvalue weighted by Gasteiger charge is 2.06. The molecular formula is C13H19NO4. The van der Waals surface area contributed by atoms with Crippen LogP contribution in [-0.2, 0) is 9.47 Å². The number of aromatic hydroxyl groups is 1. The molecule has 0 aliphatic rings. The highest BCUT2D eigenvalue weighted by Crippen LogP contribution is 2.17. The number of carbonyl (C=O) groups excluding carboxylic acids is 1. The number of methoxy groups -OCH3 is 1. The Hall–Kier alpha value is -1.59. The molecule has 0 radical (unpaired) electrons. The van der Waals surface area contributed by atoms with Crippen LogP contribution in [0.4, 0.5) is 0 Å². The second kappa shape index (κ2) is 7.68. The van der Waals surface area contributed by atoms with Gasteiger partial charge in [-0.1, -0.05) is 6.07 Å². The predicted molar refractivity (Wildman–Crippen MR) is 67.9 cm³/mol. The summed E-state index contributed by atoms with van der Waals surface area (Å²) in [5, 5.41) is 12.2. The fourth-order valence-corrected chi connectivity index (χ4v) is 1.33. The lowest BCUT2D eigenvalue weighted by atomic mass is 10.1. The zero-order valence-electron chi connectivity index (χ0n) is 10.7. The number of benzene rings is 1. The maximum absolute atomic E-state index is 11.7. The molecule has 1 amide bonds. The van der Waals surface area contributed by atoms with Crippen LogP contribution in [0.15, 0.2) is 18.2 Å². The molecule has 100 valence electrons. The molecule has 0 aliphatic carbocycles. The van der Waals surface area contributed by atoms with E-state index in [1.165, 1.54) is 6.07 Å². The summed E-state index contributed by atoms with van der Waals surface area (Å²) in [6.07, 6.45) is 0. The minimum Gasteiger partial charge on any atom is -0.508 e. The molecule has 0 aliphatic heterocycles. The van der Waals surface area contributed by atoms with E-state index in [1.807, 2.05) is 0 Å². The number of ether oxygens (including phenoxy) is 2. The fraction of sp³-hybridized carbons (Fsp3) is 0.462. The largest absolute Gasteiger partial charge is 0.508 e. The molecule has 0 spiro atoms. The van der Waals surface area contributed by atoms with Crippen molar-refractivity contribution in [1.29, 1.82) is 0 Å². The third-order valence-corrected chi connectivity index (χ3v) is 2.44. The maximum Gasteiger partial charge on any atom is 0.251 e. The average Bonchev–Trinajstić information content (AvgIpc) is 2.36. The normalized spacial score (nSPS) is 10.3. The van der Waals surface area contributed by atoms with Crippen LogP contribution in [0, 0.1) is 6.92 Å². The number of aryl methyl sites for hydroxylation is 1. The predicted octanol–water partition coefficient (Wildman–Crippen LogP) is 1.09. The van der Waals surface area contributed by atoms with Crippen molar-refractivity contribution < 1.29 is 19.4 Å². The summed E-state index contributed by atoms with van der Waals surface area (Å²) in [4.78, 5) is 11.7. The molecule has 0 heterocycles. The van der Waals surface area contributed by atoms with Crippen LogP contribution in [0.1, 0.15) is 15.9 Å². The summed E-state index contributed by atoms with van der Waals surface area (Å²) >= 11 is 0. The van der Waals surface area contributed by atoms with Crippen molar-refractivity contribution in [3.8, 4) is 5.75 Å². The SMILES string of the molecule is COCCOCCNC(=O)c1ccc(C)c(O)c1. The Morgan fingerprint density at radius 1 is 1.33 bits per heavy atom. The van der Waals surface area contributed by atoms with Gasteiger partial charge < -0.3 is 19.9 Å². The first-order valence-corrected chi connectivity index (χ1v) is 5.79. The zero-order chi connectivity index (χ0) is 13.4. The molecule has 0 saturated heterocycles. The van der Waals surface area contributed by atoms with Crippen LogP contribution < -0.4 is 5.32 Å². The third-order valence-electron chi connectivity index (χ3n) is 2.44. The van der Waals surface area contributed by atoms with Crippen molar-refractivity contribution in [3.63, 3.8) is 0 Å². The molecule has 1 aromatic carbocycles. The molecule has 18 heavy (non-hydrogen) atoms. The summed E-state index contributed by atoms with van der Waals surface area (Å²) in [5.74, 6) is -0.0976. The number of hydrogen-bond acceptors (Lipinski definition) is 4. The Balaban J connectivity index is 2.30. The van der Waals surface area contributed by atoms with E-state index < -0.39 is 0 Å². The zero-order valence-corrected chi connectivity index (χ0v) is 10.7. The molecule has 5 nitrogen and oxygen atoms in total. The van der Waals surface area contributed by atoms with Gasteiger partial charge >= 0.3 is 0 Å². The van der Waals surface area contributed by atoms with Gasteiger partial charge in [-0.2, -0.15) is 0 Å². The fourth-order valence-electron chi connectivity index (χ4n) is 1.33. The Bertz CT molecular complexity index is 393. The molecule has 1 rings (SSSR count). The van der Waals surface area contributed by atoms with Gasteiger partial charge in [-0.15, -0.1) is 0 Å². The number of amides is 1. The van der Waals surface area contributed by atoms with Crippen molar-refractivity contribution in [1.82, 2.24) is 5.32 Å². The third kappa shape index (κ3) is 4.73. The Morgan fingerprint density at radius 3 is 2.78 bits per heavy atom. The van der Waals surface area contributed by atoms with Crippen molar-refractivity contribution in [2.75, 3.05) is 33.5 Å². The minimum atomic E-state index is -0.222. The van der Waals surface area contributed by atoms with Gasteiger partial charge in [-0.25, -0.2) is 0 Å². The van der Waals surface area contributed by atoms with Gasteiger partial charge in [0.1, 0.15) is 5.75 Å². The van der Waals surface area contributed by atoms with Crippen LogP contribution in [0.25, 0.3) is 0 Å². The number of rotatable bonds is 7. The van der Waals surface area contributed by atoms with Gasteiger partial charge in [-0.3, -0.25) is 4.79 Å². The molecular weight excluding hydrogens is 234 g/mol. The Morgan fingerprint density at radius 2 is 2.11 bits per heavy atom. The van der Waals surface area contributed by atoms with E-state index in [0.29, 0.717) is 31.9 Å². The van der Waals surface area contributed by atoms with Crippen molar-refractivity contribution in [2.45, 2.75) is 6.92 Å². The van der Waals surface area contributed by atoms with E-state index in [-0.39, 0.29) is 11.7 Å². The van der Waals surface area contributed by atoms with Gasteiger partial charge in [0, 0.05) is 19.2 Å². The smallest absolute Gasteiger partial charge is 0.251 e. The average molecular weight is 253 g/mol. The molecule has 1 aromatic rings. The van der Waals surface area contributed by atoms with Gasteiger partial charge in [-0.05, 0) is 24.6 Å². The molecule has 0 bridgehead atoms. The van der Waals surface area contributed by atoms with Crippen LogP contribution in [0.3, 0.4) is 0 Å². The van der Waals surface area contributed by atoms with E-state index in [4.69, 9.17) is 9.47 Å². The number of nitrogens with one attached hydrogen (secondary N) is 1. The van der Waals surface area contributed by atoms with Gasteiger partial charge in [0.05, 0.1) is 19.8 Å². The van der Waals surface area contributed by atoms with Crippen LogP contribution in [-0.4, -0.2) is 44.5 Å². The van der Waals surface area contributed by atoms with Gasteiger partial charge in [0.25, 0.3) is 5.91 Å². The molecule has 0 aromatic heterocycles. The molecule has 0 fully saturated rings. The van der Waals surface area contributed by atoms with E-state index in [9.17, 15) is 9.90 Å². The molecule has 0 unspecified atom stereocenters. The van der Waals surface area contributed by atoms with Crippen LogP contribution in [0.5, 0.6) is 5.75 Å². The van der Waals surface area contributed by atoms with Crippen molar-refractivity contribution in [2.24, 2.45) is 0 Å². The number of phenols is 1. The van der Waals surface area contributed by atoms with Gasteiger partial charge in [0.15, 0.2) is 0 Å². The topological polar surface area (TPSA) is 67.8 Å². The lowest BCUT2D eigenvalue weighted by Gasteiger charge is -2.07. The number of carbonyl (C=O) groups is 1. The first-order chi connectivity index (χ1) is 8.65. The Kier molecular flexibility index (Phi) is 6.18. The molecule has 0 saturated carbocycles. The quantitative estimate of drug-likeness (QED) is 0.714. The van der Waals surface area contributed by atoms with E-state index >= 15 is 0 Å². The molecule has 0 atom stereocenters. The van der Waals surface area contributed by atoms with E-state index in [2.05, 4.69) is 5.32 Å². The summed E-state index contributed by atoms with van der Waals surface area (Å²) in [6.45, 7) is 3.70. The van der Waals surface area contributed by atoms with Gasteiger partial charge in [0.2, 0.25) is 0 Å². The van der Waals surface area contributed by atoms with E-state index in [1.54, 1.807) is 26.2 Å². The standard InChI is InChI=1S/C13H19NO4/c1-10-3-4-11(9-12(10)15)13(16)14-5-6-18-8-7-17-2/h3-4,9,15H,5-8H2,1-2H3,(H,14,16). The highest BCUT2D eigenvalue weighted by atomic mass is 16.5. The van der Waals surface area contributed by atoms with Crippen LogP contribution >= 0.6 is 0 Å². The van der Waals surface area contributed by atoms with Crippen molar-refractivity contribution >= 4 is 5.91 Å². The Labute approximate surface area is 107 Å². The summed E-state index contributed by atoms with van der Waals surface area (Å²) in [6, 6.07) is 4.84. The van der Waals surface area contributed by atoms with Crippen molar-refractivity contribution in [3.05, 3.63) is 29.3 Å². The summed E-state index contributed by atoms with van der Waals surface area (Å²) < 4.78 is 10.0. The van der Waals surface area contributed by atoms with Crippen LogP contribution in [0.2, 0.25) is 0 Å². The second-order valence-electron chi connectivity index (χ2n) is 3.86.